The third kappa shape index (κ3) is 48.6. The van der Waals surface area contributed by atoms with E-state index in [1.165, 1.54) is 116 Å². The molecule has 2 rings (SSSR count). The minimum atomic E-state index is -2.16. The van der Waals surface area contributed by atoms with Crippen molar-refractivity contribution in [2.45, 2.75) is 324 Å². The Kier molecular flexibility index (Phi) is 43.7. The van der Waals surface area contributed by atoms with Gasteiger partial charge in [0.15, 0.2) is 6.10 Å². The van der Waals surface area contributed by atoms with Crippen LogP contribution in [0.3, 0.4) is 0 Å². The SMILES string of the molecule is CCCCCCCCCCCCCCCC(=O)OC[C@H](COP(OCc1ccccc1)Oc1ccc(C[C@@H](CN(CC(=O)OC(C)(C)C)CC(=O)OC(C)(C)C)N(CC(=O)OC(C)(C)C)CC(=O)OC(C)(C)C)cc1)OC(=O)CCCCCCCCCCCCCCC. The number of esters is 6. The zero-order chi connectivity index (χ0) is 69.0. The second-order valence-electron chi connectivity index (χ2n) is 29.1. The van der Waals surface area contributed by atoms with E-state index >= 15 is 0 Å². The molecule has 532 valence electrons. The van der Waals surface area contributed by atoms with Gasteiger partial charge in [-0.15, -0.1) is 0 Å². The predicted molar refractivity (Wildman–Crippen MR) is 372 cm³/mol. The molecule has 2 aromatic carbocycles. The van der Waals surface area contributed by atoms with Crippen LogP contribution in [0.25, 0.3) is 0 Å². The van der Waals surface area contributed by atoms with Crippen molar-refractivity contribution in [3.8, 4) is 5.75 Å². The molecular weight excluding hydrogens is 1200 g/mol. The van der Waals surface area contributed by atoms with E-state index in [0.717, 1.165) is 56.1 Å². The molecule has 0 heterocycles. The Labute approximate surface area is 564 Å². The number of carbonyl (C=O) groups excluding carboxylic acids is 6. The molecule has 3 atom stereocenters. The fourth-order valence-corrected chi connectivity index (χ4v) is 11.5. The van der Waals surface area contributed by atoms with Crippen molar-refractivity contribution in [3.63, 3.8) is 0 Å². The highest BCUT2D eigenvalue weighted by molar-refractivity contribution is 7.42. The van der Waals surface area contributed by atoms with E-state index in [0.29, 0.717) is 12.2 Å². The first-order chi connectivity index (χ1) is 44.0. The molecule has 1 unspecified atom stereocenters. The number of ether oxygens (including phenoxy) is 6. The third-order valence-electron chi connectivity index (χ3n) is 14.9. The molecule has 0 fully saturated rings. The molecule has 0 bridgehead atoms. The van der Waals surface area contributed by atoms with E-state index in [4.69, 9.17) is 42.0 Å². The van der Waals surface area contributed by atoms with Crippen LogP contribution in [0.4, 0.5) is 0 Å². The van der Waals surface area contributed by atoms with Crippen LogP contribution in [-0.4, -0.2) is 126 Å². The van der Waals surface area contributed by atoms with Crippen LogP contribution in [0.5, 0.6) is 5.75 Å². The van der Waals surface area contributed by atoms with Gasteiger partial charge in [0, 0.05) is 25.4 Å². The largest absolute Gasteiger partial charge is 0.462 e. The lowest BCUT2D eigenvalue weighted by molar-refractivity contribution is -0.165. The Morgan fingerprint density at radius 2 is 0.785 bits per heavy atom. The predicted octanol–water partition coefficient (Wildman–Crippen LogP) is 17.8. The van der Waals surface area contributed by atoms with Crippen LogP contribution in [-0.2, 0) is 79.3 Å². The first-order valence-corrected chi connectivity index (χ1v) is 36.7. The number of rotatable bonds is 52. The zero-order valence-electron chi connectivity index (χ0n) is 60.5. The van der Waals surface area contributed by atoms with Crippen molar-refractivity contribution in [2.75, 3.05) is 45.9 Å². The van der Waals surface area contributed by atoms with Crippen molar-refractivity contribution in [1.82, 2.24) is 9.80 Å². The second kappa shape index (κ2) is 48.1. The topological polar surface area (TPSA) is 192 Å². The summed E-state index contributed by atoms with van der Waals surface area (Å²) < 4.78 is 54.0. The Morgan fingerprint density at radius 3 is 1.18 bits per heavy atom. The van der Waals surface area contributed by atoms with Gasteiger partial charge in [0.05, 0.1) is 39.4 Å². The number of nitrogens with zero attached hydrogens (tertiary/aromatic N) is 2. The van der Waals surface area contributed by atoms with E-state index in [1.54, 1.807) is 105 Å². The maximum atomic E-state index is 13.7. The van der Waals surface area contributed by atoms with Gasteiger partial charge in [-0.25, -0.2) is 0 Å². The summed E-state index contributed by atoms with van der Waals surface area (Å²) in [5.41, 5.74) is -1.72. The first kappa shape index (κ1) is 84.4. The highest BCUT2D eigenvalue weighted by Crippen LogP contribution is 2.42. The smallest absolute Gasteiger partial charge is 0.397 e. The van der Waals surface area contributed by atoms with Crippen LogP contribution in [0, 0.1) is 0 Å². The van der Waals surface area contributed by atoms with E-state index in [2.05, 4.69) is 13.8 Å². The molecule has 17 nitrogen and oxygen atoms in total. The van der Waals surface area contributed by atoms with Crippen molar-refractivity contribution in [1.29, 1.82) is 0 Å². The van der Waals surface area contributed by atoms with Gasteiger partial charge in [0.1, 0.15) is 34.8 Å². The van der Waals surface area contributed by atoms with Crippen LogP contribution in [0.2, 0.25) is 0 Å². The van der Waals surface area contributed by atoms with E-state index in [-0.39, 0.29) is 77.8 Å². The molecule has 93 heavy (non-hydrogen) atoms. The molecule has 0 aliphatic rings. The molecule has 18 heteroatoms. The van der Waals surface area contributed by atoms with Gasteiger partial charge in [-0.1, -0.05) is 210 Å². The molecule has 0 N–H and O–H groups in total. The average molecular weight is 1330 g/mol. The van der Waals surface area contributed by atoms with Crippen molar-refractivity contribution < 1.29 is 70.8 Å². The lowest BCUT2D eigenvalue weighted by Gasteiger charge is -2.36. The van der Waals surface area contributed by atoms with Gasteiger partial charge in [0.2, 0.25) is 0 Å². The molecule has 0 saturated carbocycles. The van der Waals surface area contributed by atoms with Gasteiger partial charge < -0.3 is 32.9 Å². The maximum absolute atomic E-state index is 13.7. The fraction of sp³-hybridized carbons (Fsp3) is 0.760. The Balaban J connectivity index is 2.42. The van der Waals surface area contributed by atoms with Crippen LogP contribution < -0.4 is 4.52 Å². The van der Waals surface area contributed by atoms with Gasteiger partial charge in [-0.2, -0.15) is 0 Å². The van der Waals surface area contributed by atoms with Crippen molar-refractivity contribution in [3.05, 3.63) is 65.7 Å². The number of benzene rings is 2. The number of hydrogen-bond acceptors (Lipinski definition) is 17. The summed E-state index contributed by atoms with van der Waals surface area (Å²) in [5, 5.41) is 0. The molecule has 0 saturated heterocycles. The lowest BCUT2D eigenvalue weighted by atomic mass is 10.0. The van der Waals surface area contributed by atoms with E-state index < -0.39 is 73.0 Å². The number of carbonyl (C=O) groups is 6. The standard InChI is InChI=1S/C75H127N2O15P/c1-15-17-19-21-23-25-27-29-31-33-35-37-42-46-66(78)84-59-65(87-67(79)47-43-38-36-34-32-30-28-26-24-22-20-18-16-2)60-86-93(85-58-62-44-40-39-41-45-62)92-64-50-48-61(49-51-64)52-63(77(56-70(82)90-74(9,10)11)57-71(83)91-75(12,13)14)53-76(54-68(80)88-72(3,4)5)55-69(81)89-73(6,7)8/h39-41,44-45,48-51,63,65H,15-38,42-43,46-47,52-60H2,1-14H3/t63-,65+,93?/m0/s1. The summed E-state index contributed by atoms with van der Waals surface area (Å²) in [4.78, 5) is 84.5. The summed E-state index contributed by atoms with van der Waals surface area (Å²) >= 11 is 0. The molecule has 0 radical (unpaired) electrons. The third-order valence-corrected chi connectivity index (χ3v) is 15.9. The van der Waals surface area contributed by atoms with Crippen LogP contribution >= 0.6 is 8.60 Å². The Morgan fingerprint density at radius 1 is 0.409 bits per heavy atom. The van der Waals surface area contributed by atoms with Gasteiger partial charge in [-0.3, -0.25) is 47.6 Å². The van der Waals surface area contributed by atoms with Gasteiger partial charge in [-0.05, 0) is 126 Å². The van der Waals surface area contributed by atoms with Crippen LogP contribution in [0.15, 0.2) is 54.6 Å². The quantitative estimate of drug-likeness (QED) is 0.0263. The summed E-state index contributed by atoms with van der Waals surface area (Å²) in [5.74, 6) is -2.72. The Hall–Kier alpha value is -4.67. The first-order valence-electron chi connectivity index (χ1n) is 35.6. The number of unbranched alkanes of at least 4 members (excludes halogenated alkanes) is 24. The molecule has 2 aromatic rings. The molecule has 0 aromatic heterocycles. The molecule has 0 aliphatic heterocycles. The van der Waals surface area contributed by atoms with Crippen LogP contribution in [0.1, 0.15) is 288 Å². The van der Waals surface area contributed by atoms with Crippen molar-refractivity contribution >= 4 is 44.4 Å². The highest BCUT2D eigenvalue weighted by Gasteiger charge is 2.33. The monoisotopic (exact) mass is 1330 g/mol. The molecule has 0 amide bonds. The molecule has 0 spiro atoms. The normalized spacial score (nSPS) is 13.1. The highest BCUT2D eigenvalue weighted by atomic mass is 31.2. The Bertz CT molecular complexity index is 2270. The zero-order valence-corrected chi connectivity index (χ0v) is 61.4. The minimum absolute atomic E-state index is 0.00527. The van der Waals surface area contributed by atoms with Gasteiger partial charge >= 0.3 is 44.4 Å². The summed E-state index contributed by atoms with van der Waals surface area (Å²) in [6, 6.07) is 16.0. The summed E-state index contributed by atoms with van der Waals surface area (Å²) in [7, 11) is -2.16. The number of hydrogen-bond donors (Lipinski definition) is 0. The maximum Gasteiger partial charge on any atom is 0.397 e. The summed E-state index contributed by atoms with van der Waals surface area (Å²) in [6.07, 6.45) is 30.8. The van der Waals surface area contributed by atoms with Gasteiger partial charge in [0.25, 0.3) is 0 Å². The minimum Gasteiger partial charge on any atom is -0.462 e. The van der Waals surface area contributed by atoms with E-state index in [1.807, 2.05) is 42.5 Å². The molecular formula is C75H127N2O15P. The average Bonchev–Trinajstić information content (AvgIpc) is 0.926. The lowest BCUT2D eigenvalue weighted by Crippen LogP contribution is -2.52. The van der Waals surface area contributed by atoms with E-state index in [9.17, 15) is 28.8 Å². The van der Waals surface area contributed by atoms with Crippen molar-refractivity contribution in [2.24, 2.45) is 0 Å². The summed E-state index contributed by atoms with van der Waals surface area (Å²) in [6.45, 7) is 24.1. The second-order valence-corrected chi connectivity index (χ2v) is 30.2. The fourth-order valence-electron chi connectivity index (χ4n) is 10.5. The molecule has 0 aliphatic carbocycles.